The molecule has 1 aromatic carbocycles. The number of benzene rings is 1. The summed E-state index contributed by atoms with van der Waals surface area (Å²) in [5.41, 5.74) is -0.316. The highest BCUT2D eigenvalue weighted by Crippen LogP contribution is 2.29. The van der Waals surface area contributed by atoms with E-state index in [4.69, 9.17) is 4.42 Å². The Labute approximate surface area is 95.6 Å². The summed E-state index contributed by atoms with van der Waals surface area (Å²) < 4.78 is 36.3. The van der Waals surface area contributed by atoms with Crippen molar-refractivity contribution < 1.29 is 22.7 Å². The third kappa shape index (κ3) is 1.91. The minimum absolute atomic E-state index is 0.0717. The zero-order valence-corrected chi connectivity index (χ0v) is 8.87. The maximum absolute atomic E-state index is 13.7. The summed E-state index contributed by atoms with van der Waals surface area (Å²) in [6.07, 6.45) is 1.31. The van der Waals surface area contributed by atoms with Gasteiger partial charge in [0.2, 0.25) is 0 Å². The lowest BCUT2D eigenvalue weighted by Gasteiger charge is -2.07. The van der Waals surface area contributed by atoms with Crippen LogP contribution in [0.25, 0.3) is 11.3 Å². The largest absolute Gasteiger partial charge is 0.465 e. The molecule has 0 saturated carbocycles. The highest BCUT2D eigenvalue weighted by atomic mass is 19.2. The molecule has 17 heavy (non-hydrogen) atoms. The Hall–Kier alpha value is -2.17. The molecule has 0 spiro atoms. The molecular formula is C12H8F2O3. The van der Waals surface area contributed by atoms with Gasteiger partial charge in [0.25, 0.3) is 0 Å². The van der Waals surface area contributed by atoms with Gasteiger partial charge >= 0.3 is 5.97 Å². The maximum Gasteiger partial charge on any atom is 0.338 e. The molecule has 0 saturated heterocycles. The molecule has 0 bridgehead atoms. The van der Waals surface area contributed by atoms with E-state index in [1.165, 1.54) is 18.4 Å². The van der Waals surface area contributed by atoms with E-state index in [0.29, 0.717) is 0 Å². The first-order valence-corrected chi connectivity index (χ1v) is 4.75. The molecule has 0 unspecified atom stereocenters. The van der Waals surface area contributed by atoms with Crippen LogP contribution in [0.5, 0.6) is 0 Å². The van der Waals surface area contributed by atoms with Crippen molar-refractivity contribution in [1.82, 2.24) is 0 Å². The summed E-state index contributed by atoms with van der Waals surface area (Å²) in [5, 5.41) is 0. The lowest BCUT2D eigenvalue weighted by molar-refractivity contribution is 0.0601. The van der Waals surface area contributed by atoms with Crippen LogP contribution in [0, 0.1) is 11.6 Å². The van der Waals surface area contributed by atoms with Crippen molar-refractivity contribution in [3.63, 3.8) is 0 Å². The Balaban J connectivity index is 2.69. The van der Waals surface area contributed by atoms with Crippen molar-refractivity contribution in [1.29, 1.82) is 0 Å². The summed E-state index contributed by atoms with van der Waals surface area (Å²) >= 11 is 0. The minimum Gasteiger partial charge on any atom is -0.465 e. The van der Waals surface area contributed by atoms with Gasteiger partial charge in [-0.15, -0.1) is 0 Å². The summed E-state index contributed by atoms with van der Waals surface area (Å²) in [6, 6.07) is 4.97. The fourth-order valence-corrected chi connectivity index (χ4v) is 1.49. The molecular weight excluding hydrogens is 230 g/mol. The number of halogens is 2. The number of furan rings is 1. The van der Waals surface area contributed by atoms with Gasteiger partial charge in [0, 0.05) is 0 Å². The molecule has 0 aliphatic heterocycles. The van der Waals surface area contributed by atoms with Gasteiger partial charge in [-0.25, -0.2) is 13.6 Å². The SMILES string of the molecule is COC(=O)c1ccc(F)c(F)c1-c1ccco1. The normalized spacial score (nSPS) is 10.3. The number of esters is 1. The van der Waals surface area contributed by atoms with Crippen molar-refractivity contribution in [3.05, 3.63) is 47.7 Å². The van der Waals surface area contributed by atoms with Crippen LogP contribution < -0.4 is 0 Å². The predicted molar refractivity (Wildman–Crippen MR) is 55.4 cm³/mol. The first-order chi connectivity index (χ1) is 8.15. The zero-order chi connectivity index (χ0) is 12.4. The van der Waals surface area contributed by atoms with E-state index in [0.717, 1.165) is 19.2 Å². The monoisotopic (exact) mass is 238 g/mol. The van der Waals surface area contributed by atoms with E-state index in [2.05, 4.69) is 4.74 Å². The number of hydrogen-bond donors (Lipinski definition) is 0. The summed E-state index contributed by atoms with van der Waals surface area (Å²) in [4.78, 5) is 11.4. The fourth-order valence-electron chi connectivity index (χ4n) is 1.49. The topological polar surface area (TPSA) is 39.4 Å². The number of carbonyl (C=O) groups is 1. The van der Waals surface area contributed by atoms with Crippen LogP contribution in [0.1, 0.15) is 10.4 Å². The quantitative estimate of drug-likeness (QED) is 0.755. The first kappa shape index (κ1) is 11.3. The van der Waals surface area contributed by atoms with Crippen LogP contribution in [0.4, 0.5) is 8.78 Å². The summed E-state index contributed by atoms with van der Waals surface area (Å²) in [7, 11) is 1.16. The zero-order valence-electron chi connectivity index (χ0n) is 8.87. The van der Waals surface area contributed by atoms with Gasteiger partial charge in [-0.05, 0) is 24.3 Å². The minimum atomic E-state index is -1.14. The lowest BCUT2D eigenvalue weighted by atomic mass is 10.0. The molecule has 5 heteroatoms. The second kappa shape index (κ2) is 4.37. The van der Waals surface area contributed by atoms with Crippen molar-refractivity contribution >= 4 is 5.97 Å². The third-order valence-electron chi connectivity index (χ3n) is 2.27. The number of rotatable bonds is 2. The van der Waals surface area contributed by atoms with Gasteiger partial charge in [-0.3, -0.25) is 0 Å². The van der Waals surface area contributed by atoms with Gasteiger partial charge in [0.1, 0.15) is 5.76 Å². The van der Waals surface area contributed by atoms with Gasteiger partial charge in [-0.1, -0.05) is 0 Å². The van der Waals surface area contributed by atoms with Gasteiger partial charge in [-0.2, -0.15) is 0 Å². The van der Waals surface area contributed by atoms with Crippen LogP contribution in [0.15, 0.2) is 34.9 Å². The van der Waals surface area contributed by atoms with Gasteiger partial charge in [0.05, 0.1) is 24.5 Å². The standard InChI is InChI=1S/C12H8F2O3/c1-16-12(15)7-4-5-8(13)11(14)10(7)9-3-2-6-17-9/h2-6H,1H3. The highest BCUT2D eigenvalue weighted by Gasteiger charge is 2.22. The van der Waals surface area contributed by atoms with Crippen LogP contribution in [-0.2, 0) is 4.74 Å². The van der Waals surface area contributed by atoms with Crippen LogP contribution in [0.3, 0.4) is 0 Å². The molecule has 0 N–H and O–H groups in total. The van der Waals surface area contributed by atoms with E-state index in [1.807, 2.05) is 0 Å². The molecule has 1 heterocycles. The Morgan fingerprint density at radius 2 is 2.06 bits per heavy atom. The Morgan fingerprint density at radius 3 is 2.65 bits per heavy atom. The van der Waals surface area contributed by atoms with Crippen LogP contribution >= 0.6 is 0 Å². The van der Waals surface area contributed by atoms with Crippen molar-refractivity contribution in [2.75, 3.05) is 7.11 Å². The lowest BCUT2D eigenvalue weighted by Crippen LogP contribution is -2.06. The van der Waals surface area contributed by atoms with Gasteiger partial charge < -0.3 is 9.15 Å². The smallest absolute Gasteiger partial charge is 0.338 e. The molecule has 0 aliphatic carbocycles. The molecule has 0 radical (unpaired) electrons. The fraction of sp³-hybridized carbons (Fsp3) is 0.0833. The predicted octanol–water partition coefficient (Wildman–Crippen LogP) is 3.01. The number of ether oxygens (including phenoxy) is 1. The van der Waals surface area contributed by atoms with E-state index in [1.54, 1.807) is 0 Å². The van der Waals surface area contributed by atoms with Crippen molar-refractivity contribution in [2.24, 2.45) is 0 Å². The molecule has 88 valence electrons. The molecule has 0 fully saturated rings. The number of methoxy groups -OCH3 is 1. The highest BCUT2D eigenvalue weighted by molar-refractivity contribution is 5.96. The Bertz CT molecular complexity index is 547. The van der Waals surface area contributed by atoms with Gasteiger partial charge in [0.15, 0.2) is 11.6 Å². The number of hydrogen-bond acceptors (Lipinski definition) is 3. The Morgan fingerprint density at radius 1 is 1.29 bits per heavy atom. The van der Waals surface area contributed by atoms with E-state index >= 15 is 0 Å². The van der Waals surface area contributed by atoms with Crippen molar-refractivity contribution in [2.45, 2.75) is 0 Å². The average molecular weight is 238 g/mol. The maximum atomic E-state index is 13.7. The van der Waals surface area contributed by atoms with E-state index in [-0.39, 0.29) is 16.9 Å². The first-order valence-electron chi connectivity index (χ1n) is 4.75. The molecule has 2 aromatic rings. The second-order valence-electron chi connectivity index (χ2n) is 3.25. The summed E-state index contributed by atoms with van der Waals surface area (Å²) in [5.74, 6) is -2.87. The van der Waals surface area contributed by atoms with Crippen LogP contribution in [0.2, 0.25) is 0 Å². The Kier molecular flexibility index (Phi) is 2.91. The number of carbonyl (C=O) groups excluding carboxylic acids is 1. The van der Waals surface area contributed by atoms with E-state index in [9.17, 15) is 13.6 Å². The average Bonchev–Trinajstić information content (AvgIpc) is 2.84. The molecule has 1 aromatic heterocycles. The molecule has 3 nitrogen and oxygen atoms in total. The van der Waals surface area contributed by atoms with Crippen LogP contribution in [-0.4, -0.2) is 13.1 Å². The molecule has 0 aliphatic rings. The molecule has 0 amide bonds. The van der Waals surface area contributed by atoms with E-state index < -0.39 is 17.6 Å². The summed E-state index contributed by atoms with van der Waals surface area (Å²) in [6.45, 7) is 0. The van der Waals surface area contributed by atoms with Crippen molar-refractivity contribution in [3.8, 4) is 11.3 Å². The molecule has 0 atom stereocenters. The second-order valence-corrected chi connectivity index (χ2v) is 3.25. The molecule has 2 rings (SSSR count). The third-order valence-corrected chi connectivity index (χ3v) is 2.27.